The topological polar surface area (TPSA) is 40.9 Å². The van der Waals surface area contributed by atoms with Gasteiger partial charge >= 0.3 is 0 Å². The summed E-state index contributed by atoms with van der Waals surface area (Å²) in [5.74, 6) is -0.718. The summed E-state index contributed by atoms with van der Waals surface area (Å²) in [4.78, 5) is 12.2. The van der Waals surface area contributed by atoms with Crippen molar-refractivity contribution in [2.45, 2.75) is 26.2 Å². The van der Waals surface area contributed by atoms with Gasteiger partial charge in [-0.15, -0.1) is 0 Å². The Balaban J connectivity index is 2.27. The Morgan fingerprint density at radius 1 is 1.53 bits per heavy atom. The summed E-state index contributed by atoms with van der Waals surface area (Å²) in [5, 5.41) is 9.68. The molecule has 1 fully saturated rings. The van der Waals surface area contributed by atoms with Crippen LogP contribution in [0.5, 0.6) is 0 Å². The van der Waals surface area contributed by atoms with Crippen LogP contribution in [-0.4, -0.2) is 5.78 Å². The van der Waals surface area contributed by atoms with Crippen molar-refractivity contribution in [2.75, 3.05) is 0 Å². The first-order valence-corrected chi connectivity index (χ1v) is 6.03. The van der Waals surface area contributed by atoms with Gasteiger partial charge in [-0.25, -0.2) is 0 Å². The molecule has 1 aromatic carbocycles. The molecule has 2 rings (SSSR count). The van der Waals surface area contributed by atoms with Crippen molar-refractivity contribution < 1.29 is 4.79 Å². The van der Waals surface area contributed by atoms with Crippen LogP contribution >= 0.6 is 11.6 Å². The molecule has 1 aliphatic rings. The molecule has 0 N–H and O–H groups in total. The number of benzene rings is 1. The maximum absolute atomic E-state index is 12.2. The summed E-state index contributed by atoms with van der Waals surface area (Å²) < 4.78 is 0. The number of carbonyl (C=O) groups excluding carboxylic acids is 1. The van der Waals surface area contributed by atoms with E-state index in [1.165, 1.54) is 0 Å². The maximum Gasteiger partial charge on any atom is 0.158 e. The zero-order valence-corrected chi connectivity index (χ0v) is 10.7. The lowest BCUT2D eigenvalue weighted by atomic mass is 9.91. The number of hydrogen-bond acceptors (Lipinski definition) is 2. The van der Waals surface area contributed by atoms with Gasteiger partial charge in [-0.2, -0.15) is 5.26 Å². The Morgan fingerprint density at radius 2 is 2.12 bits per heavy atom. The van der Waals surface area contributed by atoms with Crippen LogP contribution in [0.25, 0.3) is 0 Å². The molecule has 0 amide bonds. The second-order valence-electron chi connectivity index (χ2n) is 5.23. The summed E-state index contributed by atoms with van der Waals surface area (Å²) in [6.45, 7) is 4.10. The lowest BCUT2D eigenvalue weighted by molar-refractivity contribution is -0.121. The van der Waals surface area contributed by atoms with Gasteiger partial charge in [0.2, 0.25) is 0 Å². The summed E-state index contributed by atoms with van der Waals surface area (Å²) in [6, 6.07) is 9.15. The van der Waals surface area contributed by atoms with Crippen molar-refractivity contribution in [3.05, 3.63) is 34.9 Å². The van der Waals surface area contributed by atoms with E-state index in [1.807, 2.05) is 0 Å². The number of nitriles is 1. The second-order valence-corrected chi connectivity index (χ2v) is 5.64. The normalized spacial score (nSPS) is 22.6. The molecular formula is C14H14ClNO. The van der Waals surface area contributed by atoms with Gasteiger partial charge in [0.05, 0.1) is 6.07 Å². The van der Waals surface area contributed by atoms with Crippen LogP contribution < -0.4 is 0 Å². The van der Waals surface area contributed by atoms with Crippen LogP contribution in [0.4, 0.5) is 0 Å². The number of halogens is 1. The molecule has 2 atom stereocenters. The first-order chi connectivity index (χ1) is 7.97. The molecule has 0 bridgehead atoms. The van der Waals surface area contributed by atoms with E-state index in [0.717, 1.165) is 6.42 Å². The molecule has 0 heterocycles. The van der Waals surface area contributed by atoms with E-state index in [2.05, 4.69) is 19.9 Å². The highest BCUT2D eigenvalue weighted by Gasteiger charge is 2.52. The molecule has 0 radical (unpaired) electrons. The fraction of sp³-hybridized carbons (Fsp3) is 0.429. The molecule has 88 valence electrons. The molecule has 0 aliphatic heterocycles. The summed E-state index contributed by atoms with van der Waals surface area (Å²) in [5.41, 5.74) is 0.678. The minimum Gasteiger partial charge on any atom is -0.298 e. The molecule has 1 saturated carbocycles. The fourth-order valence-corrected chi connectivity index (χ4v) is 2.39. The first-order valence-electron chi connectivity index (χ1n) is 5.65. The summed E-state index contributed by atoms with van der Waals surface area (Å²) in [6.07, 6.45) is 0.870. The third kappa shape index (κ3) is 2.21. The van der Waals surface area contributed by atoms with Crippen molar-refractivity contribution in [1.29, 1.82) is 5.26 Å². The molecule has 0 spiro atoms. The molecule has 3 heteroatoms. The van der Waals surface area contributed by atoms with E-state index in [0.29, 0.717) is 10.6 Å². The third-order valence-corrected chi connectivity index (χ3v) is 3.83. The van der Waals surface area contributed by atoms with Crippen LogP contribution in [0.15, 0.2) is 24.3 Å². The Bertz CT molecular complexity index is 501. The molecule has 1 aromatic rings. The zero-order valence-electron chi connectivity index (χ0n) is 9.90. The highest BCUT2D eigenvalue weighted by Crippen LogP contribution is 2.54. The first kappa shape index (κ1) is 12.1. The zero-order chi connectivity index (χ0) is 12.6. The van der Waals surface area contributed by atoms with Crippen LogP contribution in [0, 0.1) is 22.7 Å². The van der Waals surface area contributed by atoms with Crippen LogP contribution in [0.2, 0.25) is 5.02 Å². The Morgan fingerprint density at radius 3 is 2.59 bits per heavy atom. The smallest absolute Gasteiger partial charge is 0.158 e. The van der Waals surface area contributed by atoms with E-state index in [-0.39, 0.29) is 17.1 Å². The maximum atomic E-state index is 12.2. The number of nitrogens with zero attached hydrogens (tertiary/aromatic N) is 1. The average Bonchev–Trinajstić information content (AvgIpc) is 2.91. The van der Waals surface area contributed by atoms with Crippen LogP contribution in [-0.2, 0) is 4.79 Å². The van der Waals surface area contributed by atoms with Gasteiger partial charge in [-0.1, -0.05) is 43.6 Å². The minimum absolute atomic E-state index is 0.00317. The number of carbonyl (C=O) groups is 1. The number of ketones is 1. The molecule has 17 heavy (non-hydrogen) atoms. The van der Waals surface area contributed by atoms with Crippen LogP contribution in [0.1, 0.15) is 31.7 Å². The van der Waals surface area contributed by atoms with Gasteiger partial charge in [0, 0.05) is 10.9 Å². The van der Waals surface area contributed by atoms with Crippen molar-refractivity contribution in [3.8, 4) is 6.07 Å². The molecule has 2 nitrogen and oxygen atoms in total. The van der Waals surface area contributed by atoms with E-state index < -0.39 is 5.92 Å². The summed E-state index contributed by atoms with van der Waals surface area (Å²) in [7, 11) is 0. The van der Waals surface area contributed by atoms with E-state index in [1.54, 1.807) is 24.3 Å². The van der Waals surface area contributed by atoms with Crippen molar-refractivity contribution in [3.63, 3.8) is 0 Å². The van der Waals surface area contributed by atoms with Crippen molar-refractivity contribution in [1.82, 2.24) is 0 Å². The lowest BCUT2D eigenvalue weighted by Gasteiger charge is -2.11. The predicted octanol–water partition coefficient (Wildman–Crippen LogP) is 3.56. The highest BCUT2D eigenvalue weighted by atomic mass is 35.5. The average molecular weight is 248 g/mol. The van der Waals surface area contributed by atoms with Gasteiger partial charge in [0.1, 0.15) is 5.92 Å². The quantitative estimate of drug-likeness (QED) is 0.819. The summed E-state index contributed by atoms with van der Waals surface area (Å²) >= 11 is 6.03. The Hall–Kier alpha value is -1.33. The SMILES string of the molecule is CC1(C)CC1C(=O)C(C#N)c1ccccc1Cl. The molecule has 0 aromatic heterocycles. The highest BCUT2D eigenvalue weighted by molar-refractivity contribution is 6.31. The van der Waals surface area contributed by atoms with E-state index >= 15 is 0 Å². The molecule has 0 saturated heterocycles. The Kier molecular flexibility index (Phi) is 2.97. The fourth-order valence-electron chi connectivity index (χ4n) is 2.15. The van der Waals surface area contributed by atoms with Crippen molar-refractivity contribution >= 4 is 17.4 Å². The standard InChI is InChI=1S/C14H14ClNO/c1-14(2)7-11(14)13(17)10(8-16)9-5-3-4-6-12(9)15/h3-6,10-11H,7H2,1-2H3. The predicted molar refractivity (Wildman–Crippen MR) is 66.7 cm³/mol. The number of hydrogen-bond donors (Lipinski definition) is 0. The largest absolute Gasteiger partial charge is 0.298 e. The number of Topliss-reactive ketones (excluding diaryl/α,β-unsaturated/α-hetero) is 1. The third-order valence-electron chi connectivity index (χ3n) is 3.49. The van der Waals surface area contributed by atoms with Crippen molar-refractivity contribution in [2.24, 2.45) is 11.3 Å². The van der Waals surface area contributed by atoms with Gasteiger partial charge < -0.3 is 0 Å². The van der Waals surface area contributed by atoms with E-state index in [9.17, 15) is 10.1 Å². The second kappa shape index (κ2) is 4.16. The number of rotatable bonds is 3. The van der Waals surface area contributed by atoms with E-state index in [4.69, 9.17) is 11.6 Å². The lowest BCUT2D eigenvalue weighted by Crippen LogP contribution is -2.15. The molecule has 1 aliphatic carbocycles. The molecular weight excluding hydrogens is 234 g/mol. The van der Waals surface area contributed by atoms with Gasteiger partial charge in [0.15, 0.2) is 5.78 Å². The molecule has 2 unspecified atom stereocenters. The van der Waals surface area contributed by atoms with Gasteiger partial charge in [-0.3, -0.25) is 4.79 Å². The Labute approximate surface area is 106 Å². The van der Waals surface area contributed by atoms with Gasteiger partial charge in [-0.05, 0) is 23.5 Å². The minimum atomic E-state index is -0.726. The monoisotopic (exact) mass is 247 g/mol. The van der Waals surface area contributed by atoms with Gasteiger partial charge in [0.25, 0.3) is 0 Å². The van der Waals surface area contributed by atoms with Crippen LogP contribution in [0.3, 0.4) is 0 Å².